The maximum Gasteiger partial charge on any atom is 0.123 e. The quantitative estimate of drug-likeness (QED) is 0.890. The molecule has 0 amide bonds. The Morgan fingerprint density at radius 3 is 2.53 bits per heavy atom. The Morgan fingerprint density at radius 1 is 1.24 bits per heavy atom. The second kappa shape index (κ2) is 5.43. The van der Waals surface area contributed by atoms with Crippen molar-refractivity contribution in [3.63, 3.8) is 0 Å². The molecule has 90 valence electrons. The molecular weight excluding hydrogens is 228 g/mol. The van der Waals surface area contributed by atoms with Crippen molar-refractivity contribution in [3.05, 3.63) is 40.9 Å². The Labute approximate surface area is 107 Å². The van der Waals surface area contributed by atoms with Crippen molar-refractivity contribution in [1.82, 2.24) is 10.3 Å². The number of nitrogens with one attached hydrogen (secondary N) is 1. The summed E-state index contributed by atoms with van der Waals surface area (Å²) in [4.78, 5) is 4.60. The van der Waals surface area contributed by atoms with E-state index in [2.05, 4.69) is 53.8 Å². The molecule has 2 aromatic rings. The summed E-state index contributed by atoms with van der Waals surface area (Å²) in [6.07, 6.45) is 0. The summed E-state index contributed by atoms with van der Waals surface area (Å²) >= 11 is 1.71. The van der Waals surface area contributed by atoms with Crippen LogP contribution in [0.25, 0.3) is 10.6 Å². The minimum Gasteiger partial charge on any atom is -0.314 e. The Morgan fingerprint density at radius 2 is 1.94 bits per heavy atom. The smallest absolute Gasteiger partial charge is 0.123 e. The lowest BCUT2D eigenvalue weighted by Gasteiger charge is -2.05. The van der Waals surface area contributed by atoms with E-state index in [1.165, 1.54) is 11.1 Å². The highest BCUT2D eigenvalue weighted by atomic mass is 32.1. The van der Waals surface area contributed by atoms with E-state index in [0.29, 0.717) is 5.92 Å². The first-order chi connectivity index (χ1) is 8.20. The first-order valence-electron chi connectivity index (χ1n) is 5.90. The van der Waals surface area contributed by atoms with E-state index in [9.17, 15) is 0 Å². The van der Waals surface area contributed by atoms with Crippen molar-refractivity contribution >= 4 is 11.3 Å². The van der Waals surface area contributed by atoms with Gasteiger partial charge in [0.15, 0.2) is 0 Å². The standard InChI is InChI=1S/C14H18N2S/c1-10(2)11-4-6-12(7-5-11)14-16-13(8-15-3)9-17-14/h4-7,9-10,15H,8H2,1-3H3. The van der Waals surface area contributed by atoms with Crippen LogP contribution in [0.15, 0.2) is 29.6 Å². The summed E-state index contributed by atoms with van der Waals surface area (Å²) in [5.41, 5.74) is 3.70. The molecule has 17 heavy (non-hydrogen) atoms. The molecule has 0 atom stereocenters. The van der Waals surface area contributed by atoms with Gasteiger partial charge in [-0.2, -0.15) is 0 Å². The van der Waals surface area contributed by atoms with Crippen LogP contribution in [-0.2, 0) is 6.54 Å². The monoisotopic (exact) mass is 246 g/mol. The molecule has 0 aliphatic rings. The summed E-state index contributed by atoms with van der Waals surface area (Å²) in [6, 6.07) is 8.72. The Hall–Kier alpha value is -1.19. The Balaban J connectivity index is 2.21. The van der Waals surface area contributed by atoms with Crippen LogP contribution in [-0.4, -0.2) is 12.0 Å². The van der Waals surface area contributed by atoms with Crippen LogP contribution in [0.5, 0.6) is 0 Å². The number of hydrogen-bond donors (Lipinski definition) is 1. The second-order valence-corrected chi connectivity index (χ2v) is 5.31. The first-order valence-corrected chi connectivity index (χ1v) is 6.78. The molecule has 0 spiro atoms. The van der Waals surface area contributed by atoms with Gasteiger partial charge in [0.2, 0.25) is 0 Å². The van der Waals surface area contributed by atoms with Crippen LogP contribution in [0.1, 0.15) is 31.0 Å². The van der Waals surface area contributed by atoms with E-state index in [1.54, 1.807) is 11.3 Å². The highest BCUT2D eigenvalue weighted by molar-refractivity contribution is 7.13. The van der Waals surface area contributed by atoms with Gasteiger partial charge in [-0.1, -0.05) is 38.1 Å². The zero-order valence-electron chi connectivity index (χ0n) is 10.5. The summed E-state index contributed by atoms with van der Waals surface area (Å²) in [6.45, 7) is 5.26. The van der Waals surface area contributed by atoms with E-state index < -0.39 is 0 Å². The fourth-order valence-electron chi connectivity index (χ4n) is 1.71. The lowest BCUT2D eigenvalue weighted by molar-refractivity contribution is 0.798. The molecule has 1 aromatic carbocycles. The maximum absolute atomic E-state index is 4.60. The Bertz CT molecular complexity index is 471. The van der Waals surface area contributed by atoms with E-state index in [-0.39, 0.29) is 0 Å². The van der Waals surface area contributed by atoms with E-state index in [4.69, 9.17) is 0 Å². The summed E-state index contributed by atoms with van der Waals surface area (Å²) in [5, 5.41) is 6.33. The van der Waals surface area contributed by atoms with Gasteiger partial charge in [0.25, 0.3) is 0 Å². The normalized spacial score (nSPS) is 11.1. The molecule has 0 aliphatic heterocycles. The lowest BCUT2D eigenvalue weighted by Crippen LogP contribution is -2.04. The molecule has 3 heteroatoms. The highest BCUT2D eigenvalue weighted by Crippen LogP contribution is 2.25. The topological polar surface area (TPSA) is 24.9 Å². The van der Waals surface area contributed by atoms with Crippen LogP contribution < -0.4 is 5.32 Å². The molecular formula is C14H18N2S. The van der Waals surface area contributed by atoms with Crippen LogP contribution in [0.2, 0.25) is 0 Å². The number of hydrogen-bond acceptors (Lipinski definition) is 3. The molecule has 0 bridgehead atoms. The zero-order chi connectivity index (χ0) is 12.3. The SMILES string of the molecule is CNCc1csc(-c2ccc(C(C)C)cc2)n1. The zero-order valence-corrected chi connectivity index (χ0v) is 11.3. The van der Waals surface area contributed by atoms with E-state index in [0.717, 1.165) is 17.2 Å². The minimum absolute atomic E-state index is 0.584. The van der Waals surface area contributed by atoms with Crippen LogP contribution >= 0.6 is 11.3 Å². The van der Waals surface area contributed by atoms with Crippen molar-refractivity contribution in [2.24, 2.45) is 0 Å². The van der Waals surface area contributed by atoms with E-state index in [1.807, 2.05) is 7.05 Å². The Kier molecular flexibility index (Phi) is 3.92. The van der Waals surface area contributed by atoms with Gasteiger partial charge in [-0.05, 0) is 18.5 Å². The molecule has 0 saturated heterocycles. The van der Waals surface area contributed by atoms with Crippen LogP contribution in [0.3, 0.4) is 0 Å². The largest absolute Gasteiger partial charge is 0.314 e. The fourth-order valence-corrected chi connectivity index (χ4v) is 2.54. The molecule has 1 N–H and O–H groups in total. The molecule has 0 saturated carbocycles. The maximum atomic E-state index is 4.60. The molecule has 0 aliphatic carbocycles. The second-order valence-electron chi connectivity index (χ2n) is 4.45. The molecule has 0 unspecified atom stereocenters. The summed E-state index contributed by atoms with van der Waals surface area (Å²) < 4.78 is 0. The highest BCUT2D eigenvalue weighted by Gasteiger charge is 2.05. The average Bonchev–Trinajstić information content (AvgIpc) is 2.78. The van der Waals surface area contributed by atoms with Gasteiger partial charge in [0.05, 0.1) is 5.69 Å². The third kappa shape index (κ3) is 2.93. The average molecular weight is 246 g/mol. The van der Waals surface area contributed by atoms with Gasteiger partial charge in [0.1, 0.15) is 5.01 Å². The summed E-state index contributed by atoms with van der Waals surface area (Å²) in [7, 11) is 1.94. The van der Waals surface area contributed by atoms with Crippen molar-refractivity contribution in [3.8, 4) is 10.6 Å². The fraction of sp³-hybridized carbons (Fsp3) is 0.357. The minimum atomic E-state index is 0.584. The first kappa shape index (κ1) is 12.3. The van der Waals surface area contributed by atoms with Crippen LogP contribution in [0, 0.1) is 0 Å². The predicted octanol–water partition coefficient (Wildman–Crippen LogP) is 3.65. The van der Waals surface area contributed by atoms with Crippen molar-refractivity contribution in [2.75, 3.05) is 7.05 Å². The lowest BCUT2D eigenvalue weighted by atomic mass is 10.0. The van der Waals surface area contributed by atoms with Gasteiger partial charge in [-0.3, -0.25) is 0 Å². The van der Waals surface area contributed by atoms with Crippen molar-refractivity contribution in [2.45, 2.75) is 26.3 Å². The number of benzene rings is 1. The molecule has 1 heterocycles. The third-order valence-electron chi connectivity index (χ3n) is 2.73. The molecule has 2 nitrogen and oxygen atoms in total. The van der Waals surface area contributed by atoms with Gasteiger partial charge in [-0.15, -0.1) is 11.3 Å². The van der Waals surface area contributed by atoms with Gasteiger partial charge in [-0.25, -0.2) is 4.98 Å². The van der Waals surface area contributed by atoms with Gasteiger partial charge < -0.3 is 5.32 Å². The number of rotatable bonds is 4. The molecule has 2 rings (SSSR count). The third-order valence-corrected chi connectivity index (χ3v) is 3.67. The number of nitrogens with zero attached hydrogens (tertiary/aromatic N) is 1. The number of aromatic nitrogens is 1. The van der Waals surface area contributed by atoms with Crippen molar-refractivity contribution in [1.29, 1.82) is 0 Å². The van der Waals surface area contributed by atoms with E-state index >= 15 is 0 Å². The van der Waals surface area contributed by atoms with Gasteiger partial charge >= 0.3 is 0 Å². The molecule has 1 aromatic heterocycles. The predicted molar refractivity (Wildman–Crippen MR) is 74.4 cm³/mol. The molecule has 0 fully saturated rings. The van der Waals surface area contributed by atoms with Crippen molar-refractivity contribution < 1.29 is 0 Å². The molecule has 0 radical (unpaired) electrons. The van der Waals surface area contributed by atoms with Crippen LogP contribution in [0.4, 0.5) is 0 Å². The van der Waals surface area contributed by atoms with Gasteiger partial charge in [0, 0.05) is 17.5 Å². The summed E-state index contributed by atoms with van der Waals surface area (Å²) in [5.74, 6) is 0.584. The number of thiazole rings is 1.